The zero-order valence-corrected chi connectivity index (χ0v) is 10.4. The molecule has 0 radical (unpaired) electrons. The van der Waals surface area contributed by atoms with Crippen LogP contribution < -0.4 is 0 Å². The summed E-state index contributed by atoms with van der Waals surface area (Å²) in [5, 5.41) is 0. The summed E-state index contributed by atoms with van der Waals surface area (Å²) >= 11 is 0. The SMILES string of the molecule is C1=C2/C3=C/CCCCCC3C2CCCCC/1. The Balaban J connectivity index is 1.82. The molecule has 0 saturated heterocycles. The molecule has 16 heavy (non-hydrogen) atoms. The van der Waals surface area contributed by atoms with Crippen LogP contribution in [0.4, 0.5) is 0 Å². The van der Waals surface area contributed by atoms with Crippen molar-refractivity contribution >= 4 is 0 Å². The van der Waals surface area contributed by atoms with Crippen molar-refractivity contribution in [1.29, 1.82) is 0 Å². The van der Waals surface area contributed by atoms with Gasteiger partial charge in [-0.15, -0.1) is 0 Å². The molecule has 2 atom stereocenters. The summed E-state index contributed by atoms with van der Waals surface area (Å²) in [4.78, 5) is 0. The molecule has 1 saturated carbocycles. The predicted molar refractivity (Wildman–Crippen MR) is 69.3 cm³/mol. The van der Waals surface area contributed by atoms with Crippen molar-refractivity contribution in [2.75, 3.05) is 0 Å². The second-order valence-electron chi connectivity index (χ2n) is 5.81. The molecule has 0 aromatic rings. The molecule has 0 amide bonds. The van der Waals surface area contributed by atoms with Gasteiger partial charge in [-0.2, -0.15) is 0 Å². The summed E-state index contributed by atoms with van der Waals surface area (Å²) in [6, 6.07) is 0. The fourth-order valence-corrected chi connectivity index (χ4v) is 3.90. The van der Waals surface area contributed by atoms with E-state index in [2.05, 4.69) is 12.2 Å². The molecule has 3 aliphatic rings. The summed E-state index contributed by atoms with van der Waals surface area (Å²) in [5.74, 6) is 1.93. The maximum absolute atomic E-state index is 2.58. The summed E-state index contributed by atoms with van der Waals surface area (Å²) < 4.78 is 0. The van der Waals surface area contributed by atoms with Crippen molar-refractivity contribution in [3.8, 4) is 0 Å². The van der Waals surface area contributed by atoms with Crippen molar-refractivity contribution in [3.05, 3.63) is 23.3 Å². The van der Waals surface area contributed by atoms with E-state index in [1.807, 2.05) is 0 Å². The van der Waals surface area contributed by atoms with Gasteiger partial charge < -0.3 is 0 Å². The van der Waals surface area contributed by atoms with Gasteiger partial charge in [-0.25, -0.2) is 0 Å². The largest absolute Gasteiger partial charge is 0.0807 e. The van der Waals surface area contributed by atoms with Crippen LogP contribution in [-0.4, -0.2) is 0 Å². The highest BCUT2D eigenvalue weighted by Crippen LogP contribution is 2.52. The quantitative estimate of drug-likeness (QED) is 0.533. The fourth-order valence-electron chi connectivity index (χ4n) is 3.90. The van der Waals surface area contributed by atoms with Crippen LogP contribution in [-0.2, 0) is 0 Å². The van der Waals surface area contributed by atoms with E-state index in [1.54, 1.807) is 11.1 Å². The molecule has 1 fully saturated rings. The molecule has 0 aromatic heterocycles. The van der Waals surface area contributed by atoms with Gasteiger partial charge in [-0.1, -0.05) is 37.8 Å². The van der Waals surface area contributed by atoms with Crippen LogP contribution in [0.3, 0.4) is 0 Å². The maximum atomic E-state index is 2.58. The second-order valence-corrected chi connectivity index (χ2v) is 5.81. The van der Waals surface area contributed by atoms with Crippen LogP contribution in [0.15, 0.2) is 23.3 Å². The molecule has 88 valence electrons. The second kappa shape index (κ2) is 4.77. The average molecular weight is 216 g/mol. The molecule has 0 N–H and O–H groups in total. The zero-order chi connectivity index (χ0) is 10.8. The molecule has 0 heteroatoms. The summed E-state index contributed by atoms with van der Waals surface area (Å²) in [6.45, 7) is 0. The van der Waals surface area contributed by atoms with Crippen molar-refractivity contribution in [2.45, 2.75) is 64.2 Å². The van der Waals surface area contributed by atoms with Gasteiger partial charge in [-0.05, 0) is 61.5 Å². The normalized spacial score (nSPS) is 41.5. The first-order chi connectivity index (χ1) is 7.97. The lowest BCUT2D eigenvalue weighted by Crippen LogP contribution is -2.33. The third kappa shape index (κ3) is 1.87. The smallest absolute Gasteiger partial charge is 0.00935 e. The third-order valence-electron chi connectivity index (χ3n) is 4.78. The molecular formula is C16H24. The number of fused-ring (bicyclic) bond motifs is 4. The average Bonchev–Trinajstić information content (AvgIpc) is 2.23. The monoisotopic (exact) mass is 216 g/mol. The number of hydrogen-bond donors (Lipinski definition) is 0. The van der Waals surface area contributed by atoms with Crippen molar-refractivity contribution in [3.63, 3.8) is 0 Å². The summed E-state index contributed by atoms with van der Waals surface area (Å²) in [5.41, 5.74) is 3.54. The molecule has 0 nitrogen and oxygen atoms in total. The van der Waals surface area contributed by atoms with Crippen LogP contribution >= 0.6 is 0 Å². The van der Waals surface area contributed by atoms with Gasteiger partial charge >= 0.3 is 0 Å². The first kappa shape index (κ1) is 10.6. The molecule has 0 heterocycles. The van der Waals surface area contributed by atoms with E-state index < -0.39 is 0 Å². The number of rotatable bonds is 0. The minimum Gasteiger partial charge on any atom is -0.0807 e. The Morgan fingerprint density at radius 1 is 0.625 bits per heavy atom. The Morgan fingerprint density at radius 3 is 1.62 bits per heavy atom. The summed E-state index contributed by atoms with van der Waals surface area (Å²) in [7, 11) is 0. The van der Waals surface area contributed by atoms with Gasteiger partial charge in [0.2, 0.25) is 0 Å². The van der Waals surface area contributed by atoms with Crippen LogP contribution in [0.2, 0.25) is 0 Å². The van der Waals surface area contributed by atoms with E-state index in [-0.39, 0.29) is 0 Å². The maximum Gasteiger partial charge on any atom is -0.00935 e. The number of hydrogen-bond acceptors (Lipinski definition) is 0. The fraction of sp³-hybridized carbons (Fsp3) is 0.750. The lowest BCUT2D eigenvalue weighted by Gasteiger charge is -2.45. The van der Waals surface area contributed by atoms with E-state index in [4.69, 9.17) is 0 Å². The first-order valence-electron chi connectivity index (χ1n) is 7.37. The molecule has 3 rings (SSSR count). The highest BCUT2D eigenvalue weighted by atomic mass is 14.4. The standard InChI is InChI=1S/C16H24/c1-2-6-10-14-13(9-5-1)15-11-7-3-4-8-12-16(14)15/h9,11,14,16H,1-8,10,12H2/b13-9+,15-11-. The van der Waals surface area contributed by atoms with Crippen LogP contribution in [0, 0.1) is 11.8 Å². The lowest BCUT2D eigenvalue weighted by molar-refractivity contribution is 0.293. The van der Waals surface area contributed by atoms with Crippen molar-refractivity contribution in [1.82, 2.24) is 0 Å². The highest BCUT2D eigenvalue weighted by molar-refractivity contribution is 5.46. The highest BCUT2D eigenvalue weighted by Gasteiger charge is 2.39. The van der Waals surface area contributed by atoms with Crippen LogP contribution in [0.5, 0.6) is 0 Å². The van der Waals surface area contributed by atoms with Gasteiger partial charge in [0.1, 0.15) is 0 Å². The van der Waals surface area contributed by atoms with E-state index in [1.165, 1.54) is 64.2 Å². The van der Waals surface area contributed by atoms with Crippen molar-refractivity contribution < 1.29 is 0 Å². The number of allylic oxidation sites excluding steroid dienone is 4. The van der Waals surface area contributed by atoms with E-state index >= 15 is 0 Å². The lowest BCUT2D eigenvalue weighted by atomic mass is 9.60. The zero-order valence-electron chi connectivity index (χ0n) is 10.4. The Kier molecular flexibility index (Phi) is 3.17. The van der Waals surface area contributed by atoms with Gasteiger partial charge in [0, 0.05) is 0 Å². The van der Waals surface area contributed by atoms with Gasteiger partial charge in [-0.3, -0.25) is 0 Å². The predicted octanol–water partition coefficient (Wildman–Crippen LogP) is 5.01. The Morgan fingerprint density at radius 2 is 1.12 bits per heavy atom. The van der Waals surface area contributed by atoms with Crippen LogP contribution in [0.25, 0.3) is 0 Å². The van der Waals surface area contributed by atoms with Gasteiger partial charge in [0.25, 0.3) is 0 Å². The molecule has 0 aromatic carbocycles. The first-order valence-corrected chi connectivity index (χ1v) is 7.37. The van der Waals surface area contributed by atoms with E-state index in [0.29, 0.717) is 0 Å². The molecule has 0 bridgehead atoms. The minimum absolute atomic E-state index is 0.963. The third-order valence-corrected chi connectivity index (χ3v) is 4.78. The van der Waals surface area contributed by atoms with E-state index in [9.17, 15) is 0 Å². The minimum atomic E-state index is 0.963. The Labute approximate surface area is 99.8 Å². The molecular weight excluding hydrogens is 192 g/mol. The molecule has 3 aliphatic carbocycles. The topological polar surface area (TPSA) is 0 Å². The van der Waals surface area contributed by atoms with Crippen molar-refractivity contribution in [2.24, 2.45) is 11.8 Å². The Bertz CT molecular complexity index is 276. The molecule has 2 unspecified atom stereocenters. The Hall–Kier alpha value is -0.520. The molecule has 0 spiro atoms. The van der Waals surface area contributed by atoms with Gasteiger partial charge in [0.05, 0.1) is 0 Å². The molecule has 0 aliphatic heterocycles. The summed E-state index contributed by atoms with van der Waals surface area (Å²) in [6.07, 6.45) is 19.5. The van der Waals surface area contributed by atoms with Gasteiger partial charge in [0.15, 0.2) is 0 Å². The van der Waals surface area contributed by atoms with Crippen LogP contribution in [0.1, 0.15) is 64.2 Å². The van der Waals surface area contributed by atoms with E-state index in [0.717, 1.165) is 11.8 Å².